The molecule has 0 saturated heterocycles. The van der Waals surface area contributed by atoms with Crippen molar-refractivity contribution in [2.75, 3.05) is 0 Å². The standard InChI is InChI=1S/C29H20F6N2O4/c30-28(31,32)22-11-14-24(36-16-22)19-5-7-21(8-6-19)27(40)37-25(15-26(38)39)20-3-1-17(2-4-20)18-9-12-23(13-10-18)41-29(33,34)35/h1-14,16,25H,15H2,(H,37,40)(H,38,39). The molecule has 1 unspecified atom stereocenters. The number of benzene rings is 3. The Kier molecular flexibility index (Phi) is 8.31. The average Bonchev–Trinajstić information content (AvgIpc) is 2.92. The van der Waals surface area contributed by atoms with Gasteiger partial charge in [-0.05, 0) is 53.1 Å². The van der Waals surface area contributed by atoms with Crippen molar-refractivity contribution < 1.29 is 45.8 Å². The molecule has 0 aliphatic carbocycles. The molecule has 0 aliphatic rings. The Morgan fingerprint density at radius 2 is 1.34 bits per heavy atom. The first-order chi connectivity index (χ1) is 19.3. The zero-order valence-corrected chi connectivity index (χ0v) is 20.8. The molecule has 6 nitrogen and oxygen atoms in total. The summed E-state index contributed by atoms with van der Waals surface area (Å²) in [6.45, 7) is 0. The summed E-state index contributed by atoms with van der Waals surface area (Å²) in [7, 11) is 0. The molecule has 1 aromatic heterocycles. The summed E-state index contributed by atoms with van der Waals surface area (Å²) in [5, 5.41) is 12.0. The summed E-state index contributed by atoms with van der Waals surface area (Å²) in [6, 6.07) is 18.8. The highest BCUT2D eigenvalue weighted by Gasteiger charge is 2.31. The number of aliphatic carboxylic acids is 1. The summed E-state index contributed by atoms with van der Waals surface area (Å²) in [4.78, 5) is 28.2. The predicted octanol–water partition coefficient (Wildman–Crippen LogP) is 7.28. The maximum atomic E-state index is 12.9. The number of ether oxygens (including phenoxy) is 1. The number of hydrogen-bond donors (Lipinski definition) is 2. The van der Waals surface area contributed by atoms with E-state index in [4.69, 9.17) is 0 Å². The van der Waals surface area contributed by atoms with Crippen LogP contribution in [0.4, 0.5) is 26.3 Å². The first-order valence-corrected chi connectivity index (χ1v) is 11.9. The number of hydrogen-bond acceptors (Lipinski definition) is 4. The Labute approximate surface area is 229 Å². The van der Waals surface area contributed by atoms with Crippen molar-refractivity contribution in [3.63, 3.8) is 0 Å². The number of aromatic nitrogens is 1. The fraction of sp³-hybridized carbons (Fsp3) is 0.138. The van der Waals surface area contributed by atoms with Crippen LogP contribution in [0.5, 0.6) is 5.75 Å². The van der Waals surface area contributed by atoms with E-state index in [-0.39, 0.29) is 17.0 Å². The lowest BCUT2D eigenvalue weighted by molar-refractivity contribution is -0.274. The molecule has 0 bridgehead atoms. The Morgan fingerprint density at radius 3 is 1.83 bits per heavy atom. The number of nitrogens with one attached hydrogen (secondary N) is 1. The average molecular weight is 574 g/mol. The fourth-order valence-corrected chi connectivity index (χ4v) is 3.95. The van der Waals surface area contributed by atoms with Crippen LogP contribution in [0.2, 0.25) is 0 Å². The number of carbonyl (C=O) groups excluding carboxylic acids is 1. The van der Waals surface area contributed by atoms with Gasteiger partial charge in [-0.1, -0.05) is 48.5 Å². The molecule has 3 aromatic carbocycles. The summed E-state index contributed by atoms with van der Waals surface area (Å²) >= 11 is 0. The highest BCUT2D eigenvalue weighted by Crippen LogP contribution is 2.30. The summed E-state index contributed by atoms with van der Waals surface area (Å²) in [6.07, 6.45) is -9.03. The Hall–Kier alpha value is -4.87. The van der Waals surface area contributed by atoms with Gasteiger partial charge in [-0.2, -0.15) is 13.2 Å². The van der Waals surface area contributed by atoms with Crippen molar-refractivity contribution in [2.45, 2.75) is 25.0 Å². The molecule has 4 aromatic rings. The van der Waals surface area contributed by atoms with E-state index in [1.807, 2.05) is 0 Å². The molecule has 1 heterocycles. The van der Waals surface area contributed by atoms with Crippen molar-refractivity contribution in [2.24, 2.45) is 0 Å². The Balaban J connectivity index is 1.46. The van der Waals surface area contributed by atoms with Crippen LogP contribution < -0.4 is 10.1 Å². The van der Waals surface area contributed by atoms with E-state index in [1.165, 1.54) is 54.6 Å². The molecule has 2 N–H and O–H groups in total. The number of nitrogens with zero attached hydrogens (tertiary/aromatic N) is 1. The molecule has 212 valence electrons. The van der Waals surface area contributed by atoms with Gasteiger partial charge < -0.3 is 15.2 Å². The van der Waals surface area contributed by atoms with E-state index in [9.17, 15) is 41.0 Å². The van der Waals surface area contributed by atoms with Gasteiger partial charge in [-0.15, -0.1) is 13.2 Å². The van der Waals surface area contributed by atoms with E-state index in [2.05, 4.69) is 15.0 Å². The van der Waals surface area contributed by atoms with Crippen LogP contribution in [0.1, 0.15) is 33.9 Å². The minimum atomic E-state index is -4.81. The topological polar surface area (TPSA) is 88.5 Å². The molecular weight excluding hydrogens is 554 g/mol. The largest absolute Gasteiger partial charge is 0.573 e. The van der Waals surface area contributed by atoms with Gasteiger partial charge in [0.25, 0.3) is 5.91 Å². The third-order valence-electron chi connectivity index (χ3n) is 5.95. The fourth-order valence-electron chi connectivity index (χ4n) is 3.95. The van der Waals surface area contributed by atoms with Gasteiger partial charge in [0.1, 0.15) is 5.75 Å². The van der Waals surface area contributed by atoms with Crippen LogP contribution in [0, 0.1) is 0 Å². The van der Waals surface area contributed by atoms with Gasteiger partial charge in [0.05, 0.1) is 23.7 Å². The van der Waals surface area contributed by atoms with E-state index in [1.54, 1.807) is 24.3 Å². The number of pyridine rings is 1. The van der Waals surface area contributed by atoms with Crippen molar-refractivity contribution in [3.8, 4) is 28.1 Å². The molecule has 0 spiro atoms. The third kappa shape index (κ3) is 7.84. The van der Waals surface area contributed by atoms with Crippen LogP contribution >= 0.6 is 0 Å². The number of carbonyl (C=O) groups is 2. The number of amides is 1. The molecule has 0 fully saturated rings. The Bertz CT molecular complexity index is 1500. The molecule has 0 saturated carbocycles. The van der Waals surface area contributed by atoms with Crippen molar-refractivity contribution in [1.82, 2.24) is 10.3 Å². The maximum Gasteiger partial charge on any atom is 0.573 e. The van der Waals surface area contributed by atoms with E-state index >= 15 is 0 Å². The van der Waals surface area contributed by atoms with E-state index < -0.39 is 42.4 Å². The first-order valence-electron chi connectivity index (χ1n) is 11.9. The molecule has 4 rings (SSSR count). The zero-order chi connectivity index (χ0) is 29.8. The summed E-state index contributed by atoms with van der Waals surface area (Å²) in [5.41, 5.74) is 1.76. The van der Waals surface area contributed by atoms with Gasteiger partial charge >= 0.3 is 18.5 Å². The van der Waals surface area contributed by atoms with Gasteiger partial charge in [0.2, 0.25) is 0 Å². The second-order valence-corrected chi connectivity index (χ2v) is 8.83. The van der Waals surface area contributed by atoms with Crippen molar-refractivity contribution in [1.29, 1.82) is 0 Å². The highest BCUT2D eigenvalue weighted by atomic mass is 19.4. The van der Waals surface area contributed by atoms with Gasteiger partial charge in [-0.3, -0.25) is 14.6 Å². The molecule has 1 atom stereocenters. The van der Waals surface area contributed by atoms with E-state index in [0.29, 0.717) is 22.3 Å². The van der Waals surface area contributed by atoms with Crippen LogP contribution in [-0.2, 0) is 11.0 Å². The smallest absolute Gasteiger partial charge is 0.481 e. The number of rotatable bonds is 8. The highest BCUT2D eigenvalue weighted by molar-refractivity contribution is 5.95. The second-order valence-electron chi connectivity index (χ2n) is 8.83. The molecule has 12 heteroatoms. The number of carboxylic acids is 1. The second kappa shape index (κ2) is 11.7. The van der Waals surface area contributed by atoms with E-state index in [0.717, 1.165) is 12.3 Å². The van der Waals surface area contributed by atoms with Gasteiger partial charge in [0.15, 0.2) is 0 Å². The lowest BCUT2D eigenvalue weighted by Crippen LogP contribution is -2.30. The summed E-state index contributed by atoms with van der Waals surface area (Å²) < 4.78 is 79.3. The van der Waals surface area contributed by atoms with Gasteiger partial charge in [-0.25, -0.2) is 0 Å². The van der Waals surface area contributed by atoms with Crippen LogP contribution in [-0.4, -0.2) is 28.3 Å². The number of halogens is 6. The number of carboxylic acid groups (broad SMARTS) is 1. The lowest BCUT2D eigenvalue weighted by Gasteiger charge is -2.18. The van der Waals surface area contributed by atoms with Crippen molar-refractivity contribution in [3.05, 3.63) is 108 Å². The molecule has 41 heavy (non-hydrogen) atoms. The van der Waals surface area contributed by atoms with Crippen LogP contribution in [0.25, 0.3) is 22.4 Å². The monoisotopic (exact) mass is 574 g/mol. The Morgan fingerprint density at radius 1 is 0.780 bits per heavy atom. The quantitative estimate of drug-likeness (QED) is 0.216. The molecule has 0 radical (unpaired) electrons. The minimum Gasteiger partial charge on any atom is -0.481 e. The molecule has 0 aliphatic heterocycles. The normalized spacial score (nSPS) is 12.4. The molecular formula is C29H20F6N2O4. The maximum absolute atomic E-state index is 12.9. The van der Waals surface area contributed by atoms with Gasteiger partial charge in [0, 0.05) is 17.3 Å². The SMILES string of the molecule is O=C(O)CC(NC(=O)c1ccc(-c2ccc(C(F)(F)F)cn2)cc1)c1ccc(-c2ccc(OC(F)(F)F)cc2)cc1. The lowest BCUT2D eigenvalue weighted by atomic mass is 9.98. The summed E-state index contributed by atoms with van der Waals surface area (Å²) in [5.74, 6) is -2.11. The third-order valence-corrected chi connectivity index (χ3v) is 5.95. The minimum absolute atomic E-state index is 0.189. The predicted molar refractivity (Wildman–Crippen MR) is 136 cm³/mol. The zero-order valence-electron chi connectivity index (χ0n) is 20.8. The van der Waals surface area contributed by atoms with Crippen LogP contribution in [0.3, 0.4) is 0 Å². The van der Waals surface area contributed by atoms with Crippen molar-refractivity contribution >= 4 is 11.9 Å². The number of alkyl halides is 6. The van der Waals surface area contributed by atoms with Crippen LogP contribution in [0.15, 0.2) is 91.1 Å². The first kappa shape index (κ1) is 29.1. The molecule has 1 amide bonds.